The molecule has 1 fully saturated rings. The normalized spacial score (nSPS) is 19.7. The molecule has 1 aliphatic heterocycles. The molecule has 1 aliphatic rings. The van der Waals surface area contributed by atoms with E-state index in [4.69, 9.17) is 4.52 Å². The van der Waals surface area contributed by atoms with Gasteiger partial charge in [-0.25, -0.2) is 4.39 Å². The number of aryl methyl sites for hydroxylation is 2. The first kappa shape index (κ1) is 20.3. The van der Waals surface area contributed by atoms with Crippen molar-refractivity contribution in [3.63, 3.8) is 0 Å². The number of rotatable bonds is 5. The molecule has 1 saturated heterocycles. The van der Waals surface area contributed by atoms with Gasteiger partial charge in [-0.2, -0.15) is 4.98 Å². The van der Waals surface area contributed by atoms with Crippen LogP contribution in [-0.2, 0) is 11.2 Å². The topological polar surface area (TPSA) is 80.0 Å². The van der Waals surface area contributed by atoms with Crippen molar-refractivity contribution in [3.8, 4) is 11.4 Å². The van der Waals surface area contributed by atoms with E-state index in [-0.39, 0.29) is 36.2 Å². The predicted octanol–water partition coefficient (Wildman–Crippen LogP) is 2.80. The van der Waals surface area contributed by atoms with Gasteiger partial charge in [0.25, 0.3) is 0 Å². The Morgan fingerprint density at radius 1 is 1.46 bits per heavy atom. The van der Waals surface area contributed by atoms with Crippen LogP contribution in [-0.4, -0.2) is 34.7 Å². The molecule has 1 aromatic carbocycles. The number of amides is 1. The molecule has 0 bridgehead atoms. The van der Waals surface area contributed by atoms with E-state index in [2.05, 4.69) is 27.7 Å². The second-order valence-electron chi connectivity index (χ2n) is 6.53. The van der Waals surface area contributed by atoms with E-state index in [1.165, 1.54) is 6.07 Å². The second-order valence-corrected chi connectivity index (χ2v) is 6.53. The van der Waals surface area contributed by atoms with Crippen molar-refractivity contribution >= 4 is 18.3 Å². The summed E-state index contributed by atoms with van der Waals surface area (Å²) in [7, 11) is 0. The SMILES string of the molecule is Cc1cc(-c2noc(CCC(=O)NC3CCCNC3C)n2)ccc1F.Cl. The van der Waals surface area contributed by atoms with Crippen molar-refractivity contribution in [2.75, 3.05) is 6.54 Å². The number of carbonyl (C=O) groups excluding carboxylic acids is 1. The lowest BCUT2D eigenvalue weighted by Crippen LogP contribution is -2.51. The van der Waals surface area contributed by atoms with E-state index in [0.29, 0.717) is 35.7 Å². The van der Waals surface area contributed by atoms with E-state index in [9.17, 15) is 9.18 Å². The molecule has 0 saturated carbocycles. The van der Waals surface area contributed by atoms with E-state index in [0.717, 1.165) is 19.4 Å². The monoisotopic (exact) mass is 382 g/mol. The first-order valence-corrected chi connectivity index (χ1v) is 8.65. The van der Waals surface area contributed by atoms with Gasteiger partial charge in [-0.15, -0.1) is 12.4 Å². The average Bonchev–Trinajstić information content (AvgIpc) is 3.07. The lowest BCUT2D eigenvalue weighted by molar-refractivity contribution is -0.122. The number of hydrogen-bond donors (Lipinski definition) is 2. The van der Waals surface area contributed by atoms with Gasteiger partial charge in [-0.3, -0.25) is 4.79 Å². The van der Waals surface area contributed by atoms with Gasteiger partial charge in [0.15, 0.2) is 0 Å². The Morgan fingerprint density at radius 3 is 3.00 bits per heavy atom. The Morgan fingerprint density at radius 2 is 2.27 bits per heavy atom. The Hall–Kier alpha value is -1.99. The van der Waals surface area contributed by atoms with Crippen LogP contribution in [0.3, 0.4) is 0 Å². The van der Waals surface area contributed by atoms with Crippen molar-refractivity contribution in [1.29, 1.82) is 0 Å². The van der Waals surface area contributed by atoms with Gasteiger partial charge in [-0.1, -0.05) is 5.16 Å². The van der Waals surface area contributed by atoms with Crippen LogP contribution in [0.4, 0.5) is 4.39 Å². The summed E-state index contributed by atoms with van der Waals surface area (Å²) in [5, 5.41) is 10.3. The smallest absolute Gasteiger partial charge is 0.227 e. The van der Waals surface area contributed by atoms with E-state index >= 15 is 0 Å². The molecule has 2 atom stereocenters. The molecule has 2 aromatic rings. The second kappa shape index (κ2) is 9.09. The summed E-state index contributed by atoms with van der Waals surface area (Å²) in [6.45, 7) is 4.77. The van der Waals surface area contributed by atoms with Crippen LogP contribution < -0.4 is 10.6 Å². The van der Waals surface area contributed by atoms with Crippen molar-refractivity contribution in [2.24, 2.45) is 0 Å². The van der Waals surface area contributed by atoms with Gasteiger partial charge in [-0.05, 0) is 57.0 Å². The highest BCUT2D eigenvalue weighted by Crippen LogP contribution is 2.19. The summed E-state index contributed by atoms with van der Waals surface area (Å²) in [6.07, 6.45) is 2.74. The molecule has 2 unspecified atom stereocenters. The van der Waals surface area contributed by atoms with Crippen molar-refractivity contribution in [2.45, 2.75) is 51.6 Å². The van der Waals surface area contributed by atoms with Crippen LogP contribution in [0.15, 0.2) is 22.7 Å². The molecular formula is C18H24ClFN4O2. The highest BCUT2D eigenvalue weighted by molar-refractivity contribution is 5.85. The first-order valence-electron chi connectivity index (χ1n) is 8.65. The first-order chi connectivity index (χ1) is 12.0. The fourth-order valence-corrected chi connectivity index (χ4v) is 3.00. The fraction of sp³-hybridized carbons (Fsp3) is 0.500. The number of benzene rings is 1. The number of nitrogens with zero attached hydrogens (tertiary/aromatic N) is 2. The zero-order valence-corrected chi connectivity index (χ0v) is 15.7. The minimum atomic E-state index is -0.268. The molecule has 2 N–H and O–H groups in total. The molecule has 1 aromatic heterocycles. The molecule has 0 spiro atoms. The molecule has 0 aliphatic carbocycles. The summed E-state index contributed by atoms with van der Waals surface area (Å²) >= 11 is 0. The Bertz CT molecular complexity index is 753. The Balaban J connectivity index is 0.00000243. The molecule has 0 radical (unpaired) electrons. The summed E-state index contributed by atoms with van der Waals surface area (Å²) in [5.41, 5.74) is 1.22. The summed E-state index contributed by atoms with van der Waals surface area (Å²) in [6, 6.07) is 5.12. The van der Waals surface area contributed by atoms with Crippen LogP contribution in [0, 0.1) is 12.7 Å². The Kier molecular flexibility index (Phi) is 7.11. The summed E-state index contributed by atoms with van der Waals surface area (Å²) in [5.74, 6) is 0.527. The highest BCUT2D eigenvalue weighted by atomic mass is 35.5. The van der Waals surface area contributed by atoms with Crippen LogP contribution in [0.5, 0.6) is 0 Å². The lowest BCUT2D eigenvalue weighted by Gasteiger charge is -2.30. The molecule has 8 heteroatoms. The van der Waals surface area contributed by atoms with Crippen molar-refractivity contribution in [1.82, 2.24) is 20.8 Å². The van der Waals surface area contributed by atoms with Crippen molar-refractivity contribution in [3.05, 3.63) is 35.5 Å². The minimum Gasteiger partial charge on any atom is -0.352 e. The molecule has 1 amide bonds. The average molecular weight is 383 g/mol. The number of hydrogen-bond acceptors (Lipinski definition) is 5. The lowest BCUT2D eigenvalue weighted by atomic mass is 10.00. The molecule has 3 rings (SSSR count). The zero-order valence-electron chi connectivity index (χ0n) is 14.9. The standard InChI is InChI=1S/C18H23FN4O2.ClH/c1-11-10-13(5-6-14(11)19)18-22-17(25-23-18)8-7-16(24)21-15-4-3-9-20-12(15)2;/h5-6,10,12,15,20H,3-4,7-9H2,1-2H3,(H,21,24);1H. The summed E-state index contributed by atoms with van der Waals surface area (Å²) < 4.78 is 18.5. The predicted molar refractivity (Wildman–Crippen MR) is 98.6 cm³/mol. The third-order valence-electron chi connectivity index (χ3n) is 4.56. The summed E-state index contributed by atoms with van der Waals surface area (Å²) in [4.78, 5) is 16.4. The third kappa shape index (κ3) is 5.02. The largest absolute Gasteiger partial charge is 0.352 e. The Labute approximate surface area is 158 Å². The van der Waals surface area contributed by atoms with Gasteiger partial charge in [0.1, 0.15) is 5.82 Å². The van der Waals surface area contributed by atoms with Gasteiger partial charge in [0.05, 0.1) is 0 Å². The number of carbonyl (C=O) groups is 1. The van der Waals surface area contributed by atoms with Gasteiger partial charge in [0, 0.05) is 30.5 Å². The molecule has 6 nitrogen and oxygen atoms in total. The molecular weight excluding hydrogens is 359 g/mol. The third-order valence-corrected chi connectivity index (χ3v) is 4.56. The maximum Gasteiger partial charge on any atom is 0.227 e. The maximum atomic E-state index is 13.3. The van der Waals surface area contributed by atoms with E-state index in [1.54, 1.807) is 19.1 Å². The van der Waals surface area contributed by atoms with Crippen LogP contribution >= 0.6 is 12.4 Å². The van der Waals surface area contributed by atoms with Crippen LogP contribution in [0.1, 0.15) is 37.6 Å². The van der Waals surface area contributed by atoms with Crippen molar-refractivity contribution < 1.29 is 13.7 Å². The van der Waals surface area contributed by atoms with E-state index in [1.807, 2.05) is 0 Å². The van der Waals surface area contributed by atoms with Crippen LogP contribution in [0.2, 0.25) is 0 Å². The van der Waals surface area contributed by atoms with Gasteiger partial charge in [0.2, 0.25) is 17.6 Å². The number of aromatic nitrogens is 2. The van der Waals surface area contributed by atoms with Crippen LogP contribution in [0.25, 0.3) is 11.4 Å². The maximum absolute atomic E-state index is 13.3. The zero-order chi connectivity index (χ0) is 17.8. The quantitative estimate of drug-likeness (QED) is 0.831. The molecule has 142 valence electrons. The fourth-order valence-electron chi connectivity index (χ4n) is 3.00. The molecule has 26 heavy (non-hydrogen) atoms. The number of nitrogens with one attached hydrogen (secondary N) is 2. The highest BCUT2D eigenvalue weighted by Gasteiger charge is 2.22. The number of halogens is 2. The van der Waals surface area contributed by atoms with Gasteiger partial charge < -0.3 is 15.2 Å². The minimum absolute atomic E-state index is 0. The van der Waals surface area contributed by atoms with Gasteiger partial charge >= 0.3 is 0 Å². The number of piperidine rings is 1. The van der Waals surface area contributed by atoms with E-state index < -0.39 is 0 Å². The molecule has 2 heterocycles.